The summed E-state index contributed by atoms with van der Waals surface area (Å²) in [5.41, 5.74) is 2.24. The van der Waals surface area contributed by atoms with Gasteiger partial charge in [0, 0.05) is 5.56 Å². The minimum absolute atomic E-state index is 0.191. The van der Waals surface area contributed by atoms with Crippen molar-refractivity contribution in [3.63, 3.8) is 0 Å². The Labute approximate surface area is 205 Å². The lowest BCUT2D eigenvalue weighted by molar-refractivity contribution is 0.323. The van der Waals surface area contributed by atoms with Gasteiger partial charge in [0.1, 0.15) is 28.2 Å². The standard InChI is InChI=1S/C29H30O6/c1-17(2)16-22-26-24(28(32-5)29(33-6)27(22)31-4)25(30)23(18(3)34-26)19-12-14-21(15-13-19)35-20-10-8-7-9-11-20/h7-15,17H,16H2,1-6H3. The third-order valence-electron chi connectivity index (χ3n) is 5.82. The first-order valence-corrected chi connectivity index (χ1v) is 11.5. The van der Waals surface area contributed by atoms with Gasteiger partial charge < -0.3 is 23.4 Å². The summed E-state index contributed by atoms with van der Waals surface area (Å²) in [4.78, 5) is 13.9. The fourth-order valence-electron chi connectivity index (χ4n) is 4.36. The number of aryl methyl sites for hydroxylation is 1. The molecular weight excluding hydrogens is 444 g/mol. The summed E-state index contributed by atoms with van der Waals surface area (Å²) in [6, 6.07) is 16.9. The van der Waals surface area contributed by atoms with Crippen molar-refractivity contribution < 1.29 is 23.4 Å². The number of benzene rings is 3. The Hall–Kier alpha value is -3.93. The molecule has 0 saturated carbocycles. The van der Waals surface area contributed by atoms with E-state index in [9.17, 15) is 4.79 Å². The zero-order valence-corrected chi connectivity index (χ0v) is 20.9. The highest BCUT2D eigenvalue weighted by atomic mass is 16.5. The smallest absolute Gasteiger partial charge is 0.204 e. The Morgan fingerprint density at radius 1 is 0.800 bits per heavy atom. The molecule has 4 rings (SSSR count). The van der Waals surface area contributed by atoms with Crippen molar-refractivity contribution in [1.29, 1.82) is 0 Å². The molecule has 1 aromatic heterocycles. The van der Waals surface area contributed by atoms with E-state index in [0.717, 1.165) is 16.9 Å². The second-order valence-corrected chi connectivity index (χ2v) is 8.68. The van der Waals surface area contributed by atoms with Gasteiger partial charge in [-0.15, -0.1) is 0 Å². The molecule has 1 heterocycles. The first kappa shape index (κ1) is 24.2. The largest absolute Gasteiger partial charge is 0.492 e. The molecule has 0 amide bonds. The van der Waals surface area contributed by atoms with Gasteiger partial charge in [-0.3, -0.25) is 4.79 Å². The summed E-state index contributed by atoms with van der Waals surface area (Å²) >= 11 is 0. The highest BCUT2D eigenvalue weighted by molar-refractivity contribution is 5.95. The molecular formula is C29H30O6. The van der Waals surface area contributed by atoms with Gasteiger partial charge in [0.15, 0.2) is 11.5 Å². The van der Waals surface area contributed by atoms with E-state index in [1.807, 2.05) is 54.6 Å². The molecule has 35 heavy (non-hydrogen) atoms. The van der Waals surface area contributed by atoms with E-state index in [-0.39, 0.29) is 5.43 Å². The van der Waals surface area contributed by atoms with Gasteiger partial charge >= 0.3 is 0 Å². The van der Waals surface area contributed by atoms with Gasteiger partial charge in [0.05, 0.1) is 26.9 Å². The molecule has 0 aliphatic carbocycles. The maximum Gasteiger partial charge on any atom is 0.204 e. The fourth-order valence-corrected chi connectivity index (χ4v) is 4.36. The van der Waals surface area contributed by atoms with E-state index >= 15 is 0 Å². The van der Waals surface area contributed by atoms with Crippen LogP contribution in [0.2, 0.25) is 0 Å². The van der Waals surface area contributed by atoms with E-state index in [4.69, 9.17) is 23.4 Å². The summed E-state index contributed by atoms with van der Waals surface area (Å²) in [7, 11) is 4.62. The molecule has 0 atom stereocenters. The Morgan fingerprint density at radius 2 is 1.40 bits per heavy atom. The summed E-state index contributed by atoms with van der Waals surface area (Å²) in [5, 5.41) is 0.339. The fraction of sp³-hybridized carbons (Fsp3) is 0.276. The third-order valence-corrected chi connectivity index (χ3v) is 5.82. The van der Waals surface area contributed by atoms with Gasteiger partial charge in [0.25, 0.3) is 0 Å². The molecule has 4 aromatic rings. The minimum Gasteiger partial charge on any atom is -0.492 e. The van der Waals surface area contributed by atoms with Gasteiger partial charge in [-0.25, -0.2) is 0 Å². The lowest BCUT2D eigenvalue weighted by atomic mass is 9.95. The van der Waals surface area contributed by atoms with Crippen molar-refractivity contribution >= 4 is 11.0 Å². The van der Waals surface area contributed by atoms with Crippen molar-refractivity contribution in [2.24, 2.45) is 5.92 Å². The lowest BCUT2D eigenvalue weighted by Gasteiger charge is -2.20. The molecule has 182 valence electrons. The topological polar surface area (TPSA) is 67.1 Å². The molecule has 6 heteroatoms. The molecule has 3 aromatic carbocycles. The SMILES string of the molecule is COc1c(OC)c(OC)c2c(=O)c(-c3ccc(Oc4ccccc4)cc3)c(C)oc2c1CC(C)C. The zero-order chi connectivity index (χ0) is 25.1. The maximum atomic E-state index is 13.9. The molecule has 0 bridgehead atoms. The van der Waals surface area contributed by atoms with E-state index in [2.05, 4.69) is 13.8 Å². The molecule has 0 unspecified atom stereocenters. The summed E-state index contributed by atoms with van der Waals surface area (Å²) < 4.78 is 29.2. The molecule has 0 radical (unpaired) electrons. The van der Waals surface area contributed by atoms with E-state index < -0.39 is 0 Å². The average Bonchev–Trinajstić information content (AvgIpc) is 2.85. The van der Waals surface area contributed by atoms with Crippen LogP contribution in [0.15, 0.2) is 63.8 Å². The van der Waals surface area contributed by atoms with Crippen molar-refractivity contribution in [3.05, 3.63) is 76.1 Å². The van der Waals surface area contributed by atoms with Crippen LogP contribution in [0.1, 0.15) is 25.2 Å². The number of para-hydroxylation sites is 1. The lowest BCUT2D eigenvalue weighted by Crippen LogP contribution is -2.12. The predicted molar refractivity (Wildman–Crippen MR) is 137 cm³/mol. The van der Waals surface area contributed by atoms with Gasteiger partial charge in [0.2, 0.25) is 11.2 Å². The highest BCUT2D eigenvalue weighted by Crippen LogP contribution is 2.47. The van der Waals surface area contributed by atoms with Crippen LogP contribution in [-0.4, -0.2) is 21.3 Å². The molecule has 0 saturated heterocycles. The summed E-state index contributed by atoms with van der Waals surface area (Å²) in [5.74, 6) is 3.42. The minimum atomic E-state index is -0.191. The van der Waals surface area contributed by atoms with Crippen LogP contribution >= 0.6 is 0 Å². The van der Waals surface area contributed by atoms with Gasteiger partial charge in [-0.05, 0) is 49.1 Å². The summed E-state index contributed by atoms with van der Waals surface area (Å²) in [6.07, 6.45) is 0.646. The van der Waals surface area contributed by atoms with E-state index in [1.165, 1.54) is 14.2 Å². The van der Waals surface area contributed by atoms with Crippen LogP contribution in [0.3, 0.4) is 0 Å². The van der Waals surface area contributed by atoms with Crippen molar-refractivity contribution in [2.75, 3.05) is 21.3 Å². The number of rotatable bonds is 8. The Balaban J connectivity index is 1.91. The normalized spacial score (nSPS) is 11.1. The highest BCUT2D eigenvalue weighted by Gasteiger charge is 2.28. The van der Waals surface area contributed by atoms with Gasteiger partial charge in [-0.1, -0.05) is 44.2 Å². The number of hydrogen-bond donors (Lipinski definition) is 0. The monoisotopic (exact) mass is 474 g/mol. The molecule has 6 nitrogen and oxygen atoms in total. The predicted octanol–water partition coefficient (Wildman–Crippen LogP) is 6.79. The quantitative estimate of drug-likeness (QED) is 0.280. The van der Waals surface area contributed by atoms with Crippen molar-refractivity contribution in [1.82, 2.24) is 0 Å². The van der Waals surface area contributed by atoms with Crippen LogP contribution in [0, 0.1) is 12.8 Å². The second kappa shape index (κ2) is 10.1. The molecule has 0 spiro atoms. The first-order chi connectivity index (χ1) is 16.9. The van der Waals surface area contributed by atoms with E-state index in [0.29, 0.717) is 57.6 Å². The molecule has 0 N–H and O–H groups in total. The first-order valence-electron chi connectivity index (χ1n) is 11.5. The van der Waals surface area contributed by atoms with Crippen molar-refractivity contribution in [3.8, 4) is 39.9 Å². The number of hydrogen-bond acceptors (Lipinski definition) is 6. The third kappa shape index (κ3) is 4.56. The van der Waals surface area contributed by atoms with E-state index in [1.54, 1.807) is 14.0 Å². The van der Waals surface area contributed by atoms with Crippen LogP contribution in [0.25, 0.3) is 22.1 Å². The Morgan fingerprint density at radius 3 is 1.97 bits per heavy atom. The molecule has 0 fully saturated rings. The van der Waals surface area contributed by atoms with Gasteiger partial charge in [-0.2, -0.15) is 0 Å². The Kier molecular flexibility index (Phi) is 7.01. The maximum absolute atomic E-state index is 13.9. The average molecular weight is 475 g/mol. The Bertz CT molecular complexity index is 1390. The van der Waals surface area contributed by atoms with Crippen LogP contribution in [-0.2, 0) is 6.42 Å². The molecule has 0 aliphatic rings. The number of ether oxygens (including phenoxy) is 4. The summed E-state index contributed by atoms with van der Waals surface area (Å²) in [6.45, 7) is 5.99. The second-order valence-electron chi connectivity index (χ2n) is 8.68. The number of fused-ring (bicyclic) bond motifs is 1. The van der Waals surface area contributed by atoms with Crippen LogP contribution < -0.4 is 24.4 Å². The van der Waals surface area contributed by atoms with Crippen molar-refractivity contribution in [2.45, 2.75) is 27.2 Å². The molecule has 0 aliphatic heterocycles. The van der Waals surface area contributed by atoms with Crippen LogP contribution in [0.5, 0.6) is 28.7 Å². The number of methoxy groups -OCH3 is 3. The van der Waals surface area contributed by atoms with Crippen LogP contribution in [0.4, 0.5) is 0 Å². The zero-order valence-electron chi connectivity index (χ0n) is 20.9.